The number of H-pyrrole nitrogens is 1. The molecule has 0 unspecified atom stereocenters. The maximum atomic E-state index is 11.0. The summed E-state index contributed by atoms with van der Waals surface area (Å²) in [6, 6.07) is 0. The van der Waals surface area contributed by atoms with Gasteiger partial charge in [0.25, 0.3) is 0 Å². The summed E-state index contributed by atoms with van der Waals surface area (Å²) in [6.07, 6.45) is 0. The number of anilines is 3. The van der Waals surface area contributed by atoms with E-state index >= 15 is 0 Å². The highest BCUT2D eigenvalue weighted by Crippen LogP contribution is 2.12. The Morgan fingerprint density at radius 3 is 2.70 bits per heavy atom. The van der Waals surface area contributed by atoms with Crippen molar-refractivity contribution < 1.29 is 0 Å². The number of aromatic amines is 1. The van der Waals surface area contributed by atoms with Crippen LogP contribution < -0.4 is 20.8 Å². The fraction of sp³-hybridized carbons (Fsp3) is 0.455. The molecule has 0 bridgehead atoms. The lowest BCUT2D eigenvalue weighted by atomic mass is 10.5. The number of rotatable bonds is 6. The van der Waals surface area contributed by atoms with E-state index in [4.69, 9.17) is 5.73 Å². The van der Waals surface area contributed by atoms with E-state index in [1.165, 1.54) is 0 Å². The third-order valence-electron chi connectivity index (χ3n) is 2.69. The van der Waals surface area contributed by atoms with E-state index in [9.17, 15) is 4.79 Å². The van der Waals surface area contributed by atoms with E-state index in [1.807, 2.05) is 18.7 Å². The van der Waals surface area contributed by atoms with Crippen LogP contribution in [0.2, 0.25) is 0 Å². The lowest BCUT2D eigenvalue weighted by Crippen LogP contribution is -2.25. The zero-order valence-corrected chi connectivity index (χ0v) is 12.2. The summed E-state index contributed by atoms with van der Waals surface area (Å²) in [4.78, 5) is 28.1. The smallest absolute Gasteiger partial charge is 0.304 e. The minimum Gasteiger partial charge on any atom is -0.368 e. The highest BCUT2D eigenvalue weighted by molar-refractivity contribution is 7.07. The second-order valence-corrected chi connectivity index (χ2v) is 4.86. The van der Waals surface area contributed by atoms with Crippen molar-refractivity contribution in [2.24, 2.45) is 0 Å². The van der Waals surface area contributed by atoms with Gasteiger partial charge in [0, 0.05) is 24.2 Å². The Morgan fingerprint density at radius 1 is 1.35 bits per heavy atom. The predicted octanol–water partition coefficient (Wildman–Crippen LogP) is 0.662. The van der Waals surface area contributed by atoms with Crippen molar-refractivity contribution in [1.29, 1.82) is 0 Å². The third-order valence-corrected chi connectivity index (χ3v) is 3.41. The van der Waals surface area contributed by atoms with Crippen LogP contribution in [0.5, 0.6) is 0 Å². The number of nitrogens with two attached hydrogens (primary N) is 1. The largest absolute Gasteiger partial charge is 0.368 e. The molecular formula is C11H17N7OS. The maximum absolute atomic E-state index is 11.0. The van der Waals surface area contributed by atoms with Crippen molar-refractivity contribution in [2.45, 2.75) is 20.4 Å². The van der Waals surface area contributed by atoms with Gasteiger partial charge >= 0.3 is 4.87 Å². The number of aromatic nitrogens is 4. The molecule has 9 heteroatoms. The number of nitrogens with zero attached hydrogens (tertiary/aromatic N) is 4. The molecule has 0 amide bonds. The Labute approximate surface area is 120 Å². The normalized spacial score (nSPS) is 10.5. The monoisotopic (exact) mass is 295 g/mol. The summed E-state index contributed by atoms with van der Waals surface area (Å²) in [7, 11) is 0. The molecule has 0 aliphatic heterocycles. The standard InChI is InChI=1S/C11H17N7OS/c1-3-18(4-2)10-16-8(12)15-9(17-10)13-5-7-6-20-11(19)14-7/h6H,3-5H2,1-2H3,(H,14,19)(H3,12,13,15,16,17). The molecule has 2 aromatic heterocycles. The zero-order chi connectivity index (χ0) is 14.5. The first-order chi connectivity index (χ1) is 9.62. The SMILES string of the molecule is CCN(CC)c1nc(N)nc(NCc2csc(=O)[nH]2)n1. The fourth-order valence-corrected chi connectivity index (χ4v) is 2.26. The van der Waals surface area contributed by atoms with Gasteiger partial charge in [0.2, 0.25) is 17.8 Å². The molecule has 0 fully saturated rings. The van der Waals surface area contributed by atoms with Gasteiger partial charge in [0.1, 0.15) is 0 Å². The zero-order valence-electron chi connectivity index (χ0n) is 11.4. The number of nitrogen functional groups attached to an aromatic ring is 1. The molecule has 0 saturated carbocycles. The number of hydrogen-bond donors (Lipinski definition) is 3. The van der Waals surface area contributed by atoms with Crippen molar-refractivity contribution in [3.63, 3.8) is 0 Å². The molecule has 2 heterocycles. The molecule has 20 heavy (non-hydrogen) atoms. The van der Waals surface area contributed by atoms with Gasteiger partial charge in [0.15, 0.2) is 0 Å². The molecule has 2 aromatic rings. The second-order valence-electron chi connectivity index (χ2n) is 4.02. The number of nitrogens with one attached hydrogen (secondary N) is 2. The Bertz CT molecular complexity index is 619. The first-order valence-electron chi connectivity index (χ1n) is 6.29. The number of thiazole rings is 1. The van der Waals surface area contributed by atoms with E-state index in [1.54, 1.807) is 5.38 Å². The van der Waals surface area contributed by atoms with Gasteiger partial charge in [-0.1, -0.05) is 11.3 Å². The highest BCUT2D eigenvalue weighted by Gasteiger charge is 2.09. The summed E-state index contributed by atoms with van der Waals surface area (Å²) in [6.45, 7) is 6.05. The minimum atomic E-state index is -0.0826. The molecule has 8 nitrogen and oxygen atoms in total. The average Bonchev–Trinajstić information content (AvgIpc) is 2.83. The van der Waals surface area contributed by atoms with Gasteiger partial charge in [-0.3, -0.25) is 4.79 Å². The maximum Gasteiger partial charge on any atom is 0.304 e. The molecule has 4 N–H and O–H groups in total. The van der Waals surface area contributed by atoms with Crippen LogP contribution in [0, 0.1) is 0 Å². The summed E-state index contributed by atoms with van der Waals surface area (Å²) in [5.41, 5.74) is 6.48. The average molecular weight is 295 g/mol. The Hall–Kier alpha value is -2.16. The summed E-state index contributed by atoms with van der Waals surface area (Å²) in [5, 5.41) is 4.78. The molecule has 0 aromatic carbocycles. The molecule has 0 atom stereocenters. The fourth-order valence-electron chi connectivity index (χ4n) is 1.68. The van der Waals surface area contributed by atoms with E-state index in [0.29, 0.717) is 18.4 Å². The topological polar surface area (TPSA) is 113 Å². The first kappa shape index (κ1) is 14.3. The second kappa shape index (κ2) is 6.33. The van der Waals surface area contributed by atoms with Crippen molar-refractivity contribution in [1.82, 2.24) is 19.9 Å². The lowest BCUT2D eigenvalue weighted by molar-refractivity contribution is 0.813. The molecule has 108 valence electrons. The van der Waals surface area contributed by atoms with Crippen LogP contribution in [0.1, 0.15) is 19.5 Å². The molecule has 0 saturated heterocycles. The van der Waals surface area contributed by atoms with Gasteiger partial charge < -0.3 is 20.9 Å². The van der Waals surface area contributed by atoms with Crippen molar-refractivity contribution in [3.05, 3.63) is 20.7 Å². The van der Waals surface area contributed by atoms with Crippen LogP contribution >= 0.6 is 11.3 Å². The van der Waals surface area contributed by atoms with Crippen LogP contribution in [-0.2, 0) is 6.54 Å². The van der Waals surface area contributed by atoms with Crippen LogP contribution in [-0.4, -0.2) is 33.0 Å². The van der Waals surface area contributed by atoms with Crippen molar-refractivity contribution in [3.8, 4) is 0 Å². The Morgan fingerprint density at radius 2 is 2.10 bits per heavy atom. The minimum absolute atomic E-state index is 0.0826. The van der Waals surface area contributed by atoms with Crippen LogP contribution in [0.4, 0.5) is 17.8 Å². The summed E-state index contributed by atoms with van der Waals surface area (Å²) >= 11 is 1.12. The Balaban J connectivity index is 2.13. The van der Waals surface area contributed by atoms with Gasteiger partial charge in [-0.25, -0.2) is 0 Å². The molecular weight excluding hydrogens is 278 g/mol. The predicted molar refractivity (Wildman–Crippen MR) is 80.1 cm³/mol. The first-order valence-corrected chi connectivity index (χ1v) is 7.17. The van der Waals surface area contributed by atoms with Crippen molar-refractivity contribution >= 4 is 29.2 Å². The van der Waals surface area contributed by atoms with Gasteiger partial charge in [0.05, 0.1) is 6.54 Å². The number of hydrogen-bond acceptors (Lipinski definition) is 8. The van der Waals surface area contributed by atoms with E-state index < -0.39 is 0 Å². The Kier molecular flexibility index (Phi) is 4.51. The molecule has 0 spiro atoms. The van der Waals surface area contributed by atoms with E-state index in [-0.39, 0.29) is 10.8 Å². The highest BCUT2D eigenvalue weighted by atomic mass is 32.1. The van der Waals surface area contributed by atoms with Crippen molar-refractivity contribution in [2.75, 3.05) is 29.0 Å². The van der Waals surface area contributed by atoms with Gasteiger partial charge in [-0.15, -0.1) is 0 Å². The third kappa shape index (κ3) is 3.44. The van der Waals surface area contributed by atoms with E-state index in [2.05, 4.69) is 25.3 Å². The summed E-state index contributed by atoms with van der Waals surface area (Å²) in [5.74, 6) is 1.11. The molecule has 0 radical (unpaired) electrons. The molecule has 0 aliphatic carbocycles. The molecule has 0 aliphatic rings. The van der Waals surface area contributed by atoms with Gasteiger partial charge in [-0.05, 0) is 13.8 Å². The van der Waals surface area contributed by atoms with Crippen LogP contribution in [0.15, 0.2) is 10.2 Å². The molecule has 2 rings (SSSR count). The van der Waals surface area contributed by atoms with Gasteiger partial charge in [-0.2, -0.15) is 15.0 Å². The quantitative estimate of drug-likeness (QED) is 0.717. The lowest BCUT2D eigenvalue weighted by Gasteiger charge is -2.18. The van der Waals surface area contributed by atoms with E-state index in [0.717, 1.165) is 30.1 Å². The van der Waals surface area contributed by atoms with Crippen LogP contribution in [0.3, 0.4) is 0 Å². The summed E-state index contributed by atoms with van der Waals surface area (Å²) < 4.78 is 0. The van der Waals surface area contributed by atoms with Crippen LogP contribution in [0.25, 0.3) is 0 Å².